The zero-order valence-electron chi connectivity index (χ0n) is 66.6. The average molecular weight is 1520 g/mol. The van der Waals surface area contributed by atoms with Crippen LogP contribution in [0.25, 0.3) is 0 Å². The summed E-state index contributed by atoms with van der Waals surface area (Å²) in [6, 6.07) is 0. The van der Waals surface area contributed by atoms with Gasteiger partial charge in [-0.25, -0.2) is 9.13 Å². The van der Waals surface area contributed by atoms with Gasteiger partial charge in [0.15, 0.2) is 6.10 Å². The number of phosphoric ester groups is 2. The molecular formula is C87H154O16P2. The van der Waals surface area contributed by atoms with Crippen LogP contribution in [-0.2, 0) is 55.8 Å². The lowest BCUT2D eigenvalue weighted by molar-refractivity contribution is -0.161. The molecule has 16 nitrogen and oxygen atoms in total. The van der Waals surface area contributed by atoms with Crippen LogP contribution in [0.2, 0.25) is 0 Å². The predicted molar refractivity (Wildman–Crippen MR) is 436 cm³/mol. The topological polar surface area (TPSA) is 231 Å². The number of hydrogen-bond donors (Lipinski definition) is 4. The lowest BCUT2D eigenvalue weighted by Gasteiger charge is -2.21. The fourth-order valence-corrected chi connectivity index (χ4v) is 13.2. The van der Waals surface area contributed by atoms with E-state index in [2.05, 4.69) is 130 Å². The number of carbonyl (C=O) groups is 3. The highest BCUT2D eigenvalue weighted by atomic mass is 31.2. The van der Waals surface area contributed by atoms with Gasteiger partial charge in [-0.2, -0.15) is 0 Å². The fourth-order valence-electron chi connectivity index (χ4n) is 11.6. The molecule has 18 heteroatoms. The molecule has 0 fully saturated rings. The minimum Gasteiger partial charge on any atom is -0.463 e. The summed E-state index contributed by atoms with van der Waals surface area (Å²) in [7, 11) is -9.79. The minimum absolute atomic E-state index is 0.106. The predicted octanol–water partition coefficient (Wildman–Crippen LogP) is 25.1. The van der Waals surface area contributed by atoms with Crippen LogP contribution in [0.1, 0.15) is 367 Å². The molecule has 4 N–H and O–H groups in total. The molecule has 0 rings (SSSR count). The van der Waals surface area contributed by atoms with Crippen molar-refractivity contribution in [3.05, 3.63) is 109 Å². The summed E-state index contributed by atoms with van der Waals surface area (Å²) in [5, 5.41) is 20.7. The summed E-state index contributed by atoms with van der Waals surface area (Å²) in [5.41, 5.74) is 0. The number of ether oxygens (including phenoxy) is 3. The van der Waals surface area contributed by atoms with E-state index in [-0.39, 0.29) is 19.3 Å². The standard InChI is InChI=1S/C87H154O16P2/c1-4-7-10-13-16-19-22-25-28-30-32-34-36-37-38-39-40-41-42-43-45-47-48-50-53-55-58-61-64-67-70-73-85(90)97-76-82(88)77-99-104(93,94)100-78-83(89)79-101-105(95,96)102-81-84(103-87(92)75-72-69-66-63-60-57-52-27-24-21-18-15-12-9-6-3)80-98-86(91)74-71-68-65-62-59-56-54-51-49-46-44-35-33-31-29-26-23-20-17-14-11-8-5-2/h7,10,16-17,19-20,25-26,28-29,32-35,37-38,46,49,82-84,88-89H,4-6,8-9,11-15,18,21-24,27,30-31,36,39-45,47-48,50-81H2,1-3H3,(H,93,94)(H,95,96)/b10-7-,19-16-,20-17-,28-25-,29-26-,34-32-,35-33-,38-37-,49-46-. The molecule has 0 aromatic heterocycles. The van der Waals surface area contributed by atoms with Gasteiger partial charge < -0.3 is 34.2 Å². The fraction of sp³-hybridized carbons (Fsp3) is 0.759. The summed E-state index contributed by atoms with van der Waals surface area (Å²) in [4.78, 5) is 58.8. The van der Waals surface area contributed by atoms with Crippen LogP contribution >= 0.6 is 15.6 Å². The molecule has 0 radical (unpaired) electrons. The van der Waals surface area contributed by atoms with Gasteiger partial charge in [-0.3, -0.25) is 32.5 Å². The Kier molecular flexibility index (Phi) is 76.9. The summed E-state index contributed by atoms with van der Waals surface area (Å²) in [5.74, 6) is -1.57. The third-order valence-electron chi connectivity index (χ3n) is 18.0. The number of rotatable bonds is 80. The number of aliphatic hydroxyl groups is 2. The Balaban J connectivity index is 4.49. The molecule has 0 bridgehead atoms. The quantitative estimate of drug-likeness (QED) is 0.0146. The normalized spacial score (nSPS) is 14.5. The Morgan fingerprint density at radius 2 is 0.505 bits per heavy atom. The maximum absolute atomic E-state index is 13.0. The highest BCUT2D eigenvalue weighted by Crippen LogP contribution is 2.45. The molecule has 0 amide bonds. The van der Waals surface area contributed by atoms with Crippen molar-refractivity contribution >= 4 is 33.6 Å². The van der Waals surface area contributed by atoms with Crippen LogP contribution in [-0.4, -0.2) is 95.9 Å². The number of phosphoric acid groups is 2. The average Bonchev–Trinajstić information content (AvgIpc) is 0.965. The highest BCUT2D eigenvalue weighted by Gasteiger charge is 2.29. The number of allylic oxidation sites excluding steroid dienone is 18. The summed E-state index contributed by atoms with van der Waals surface area (Å²) < 4.78 is 61.3. The second-order valence-electron chi connectivity index (χ2n) is 28.3. The molecule has 5 atom stereocenters. The molecule has 0 aromatic carbocycles. The molecule has 0 saturated heterocycles. The van der Waals surface area contributed by atoms with Gasteiger partial charge in [0.25, 0.3) is 0 Å². The Morgan fingerprint density at radius 3 is 0.819 bits per heavy atom. The van der Waals surface area contributed by atoms with Crippen molar-refractivity contribution in [1.29, 1.82) is 0 Å². The van der Waals surface area contributed by atoms with Crippen LogP contribution in [0.5, 0.6) is 0 Å². The SMILES string of the molecule is CC/C=C\C/C=C\C/C=C\C/C=C\C/C=C\CCCCCCCCCCCCCCCCCC(=O)OCC(O)COP(=O)(O)OCC(O)COP(=O)(O)OCC(COC(=O)CCCCCCCCC/C=C\C/C=C\C/C=C\C/C=C\CCCCC)OC(=O)CCCCCCCCCCCCCCCCC. The van der Waals surface area contributed by atoms with Gasteiger partial charge in [0.05, 0.1) is 26.4 Å². The van der Waals surface area contributed by atoms with E-state index in [1.807, 2.05) is 0 Å². The van der Waals surface area contributed by atoms with E-state index < -0.39 is 91.5 Å². The minimum atomic E-state index is -4.93. The van der Waals surface area contributed by atoms with Crippen molar-refractivity contribution in [1.82, 2.24) is 0 Å². The van der Waals surface area contributed by atoms with E-state index >= 15 is 0 Å². The van der Waals surface area contributed by atoms with Gasteiger partial charge in [0.2, 0.25) is 0 Å². The summed E-state index contributed by atoms with van der Waals surface area (Å²) in [6.07, 6.45) is 94.2. The largest absolute Gasteiger partial charge is 0.472 e. The number of hydrogen-bond acceptors (Lipinski definition) is 14. The molecule has 0 saturated carbocycles. The van der Waals surface area contributed by atoms with Gasteiger partial charge in [-0.05, 0) is 109 Å². The van der Waals surface area contributed by atoms with Gasteiger partial charge in [-0.15, -0.1) is 0 Å². The molecule has 0 aliphatic heterocycles. The number of aliphatic hydroxyl groups excluding tert-OH is 2. The maximum atomic E-state index is 13.0. The molecule has 5 unspecified atom stereocenters. The molecule has 0 aromatic rings. The van der Waals surface area contributed by atoms with E-state index in [1.165, 1.54) is 167 Å². The second kappa shape index (κ2) is 79.8. The Morgan fingerprint density at radius 1 is 0.276 bits per heavy atom. The van der Waals surface area contributed by atoms with Gasteiger partial charge in [0, 0.05) is 19.3 Å². The van der Waals surface area contributed by atoms with Crippen LogP contribution in [0.15, 0.2) is 109 Å². The first-order valence-corrected chi connectivity index (χ1v) is 45.2. The van der Waals surface area contributed by atoms with Gasteiger partial charge in [-0.1, -0.05) is 348 Å². The van der Waals surface area contributed by atoms with Crippen LogP contribution in [0.3, 0.4) is 0 Å². The monoisotopic (exact) mass is 1520 g/mol. The first-order chi connectivity index (χ1) is 51.2. The smallest absolute Gasteiger partial charge is 0.463 e. The number of carbonyl (C=O) groups excluding carboxylic acids is 3. The van der Waals surface area contributed by atoms with Crippen molar-refractivity contribution < 1.29 is 75.8 Å². The van der Waals surface area contributed by atoms with E-state index in [0.717, 1.165) is 141 Å². The molecule has 608 valence electrons. The Bertz CT molecular complexity index is 2340. The van der Waals surface area contributed by atoms with Crippen molar-refractivity contribution in [3.63, 3.8) is 0 Å². The van der Waals surface area contributed by atoms with Crippen LogP contribution in [0.4, 0.5) is 0 Å². The third-order valence-corrected chi connectivity index (χ3v) is 19.9. The lowest BCUT2D eigenvalue weighted by atomic mass is 10.0. The number of esters is 3. The molecular weight excluding hydrogens is 1360 g/mol. The van der Waals surface area contributed by atoms with Gasteiger partial charge in [0.1, 0.15) is 25.4 Å². The Labute approximate surface area is 640 Å². The zero-order chi connectivity index (χ0) is 76.6. The van der Waals surface area contributed by atoms with Crippen molar-refractivity contribution in [3.8, 4) is 0 Å². The zero-order valence-corrected chi connectivity index (χ0v) is 68.4. The first kappa shape index (κ1) is 101. The Hall–Kier alpha value is -3.79. The highest BCUT2D eigenvalue weighted by molar-refractivity contribution is 7.47. The third kappa shape index (κ3) is 81.0. The van der Waals surface area contributed by atoms with E-state index in [1.54, 1.807) is 0 Å². The van der Waals surface area contributed by atoms with E-state index in [4.69, 9.17) is 32.3 Å². The number of unbranched alkanes of at least 4 members (excludes halogenated alkanes) is 39. The summed E-state index contributed by atoms with van der Waals surface area (Å²) in [6.45, 7) is 2.58. The molecule has 0 heterocycles. The van der Waals surface area contributed by atoms with Crippen LogP contribution < -0.4 is 0 Å². The van der Waals surface area contributed by atoms with Crippen LogP contribution in [0, 0.1) is 0 Å². The van der Waals surface area contributed by atoms with Crippen molar-refractivity contribution in [2.75, 3.05) is 39.6 Å². The van der Waals surface area contributed by atoms with E-state index in [9.17, 15) is 43.5 Å². The van der Waals surface area contributed by atoms with Gasteiger partial charge >= 0.3 is 33.6 Å². The van der Waals surface area contributed by atoms with Crippen molar-refractivity contribution in [2.45, 2.75) is 386 Å². The summed E-state index contributed by atoms with van der Waals surface area (Å²) >= 11 is 0. The van der Waals surface area contributed by atoms with Crippen molar-refractivity contribution in [2.24, 2.45) is 0 Å². The molecule has 0 aliphatic carbocycles. The molecule has 0 spiro atoms. The maximum Gasteiger partial charge on any atom is 0.472 e. The molecule has 0 aliphatic rings. The lowest BCUT2D eigenvalue weighted by Crippen LogP contribution is -2.30. The molecule has 105 heavy (non-hydrogen) atoms. The second-order valence-corrected chi connectivity index (χ2v) is 31.2. The van der Waals surface area contributed by atoms with E-state index in [0.29, 0.717) is 19.3 Å². The first-order valence-electron chi connectivity index (χ1n) is 42.2.